The fourth-order valence-electron chi connectivity index (χ4n) is 3.31. The van der Waals surface area contributed by atoms with Crippen LogP contribution in [0.5, 0.6) is 5.75 Å². The molecule has 3 atom stereocenters. The van der Waals surface area contributed by atoms with Gasteiger partial charge in [0.05, 0.1) is 13.0 Å². The van der Waals surface area contributed by atoms with Crippen molar-refractivity contribution in [2.45, 2.75) is 44.2 Å². The molecule has 5 N–H and O–H groups in total. The Balaban J connectivity index is 2.05. The highest BCUT2D eigenvalue weighted by atomic mass is 16.5. The van der Waals surface area contributed by atoms with E-state index in [2.05, 4.69) is 10.6 Å². The monoisotopic (exact) mass is 377 g/mol. The van der Waals surface area contributed by atoms with E-state index in [1.54, 1.807) is 24.3 Å². The van der Waals surface area contributed by atoms with Crippen molar-refractivity contribution in [3.05, 3.63) is 29.8 Å². The summed E-state index contributed by atoms with van der Waals surface area (Å²) in [5, 5.41) is 14.8. The zero-order valence-electron chi connectivity index (χ0n) is 15.4. The second-order valence-corrected chi connectivity index (χ2v) is 6.68. The summed E-state index contributed by atoms with van der Waals surface area (Å²) in [6.45, 7) is 0.389. The number of ether oxygens (including phenoxy) is 1. The molecule has 148 valence electrons. The Morgan fingerprint density at radius 3 is 2.78 bits per heavy atom. The second-order valence-electron chi connectivity index (χ2n) is 6.68. The molecule has 0 bridgehead atoms. The fraction of sp³-hybridized carbons (Fsp3) is 0.526. The first kappa shape index (κ1) is 20.7. The van der Waals surface area contributed by atoms with E-state index in [4.69, 9.17) is 10.5 Å². The van der Waals surface area contributed by atoms with E-state index in [9.17, 15) is 19.5 Å². The van der Waals surface area contributed by atoms with Crippen LogP contribution in [0.1, 0.15) is 42.5 Å². The molecule has 1 aromatic carbocycles. The van der Waals surface area contributed by atoms with Crippen LogP contribution in [0.2, 0.25) is 0 Å². The minimum atomic E-state index is -0.906. The zero-order valence-corrected chi connectivity index (χ0v) is 15.4. The molecule has 1 aliphatic carbocycles. The molecular weight excluding hydrogens is 350 g/mol. The molecule has 1 unspecified atom stereocenters. The van der Waals surface area contributed by atoms with E-state index >= 15 is 0 Å². The van der Waals surface area contributed by atoms with Crippen LogP contribution in [0.25, 0.3) is 0 Å². The van der Waals surface area contributed by atoms with Crippen LogP contribution >= 0.6 is 0 Å². The van der Waals surface area contributed by atoms with Crippen LogP contribution < -0.4 is 21.1 Å². The number of carboxylic acid groups (broad SMARTS) is 1. The Labute approximate surface area is 158 Å². The maximum atomic E-state index is 12.7. The Morgan fingerprint density at radius 1 is 1.33 bits per heavy atom. The van der Waals surface area contributed by atoms with E-state index in [-0.39, 0.29) is 5.91 Å². The summed E-state index contributed by atoms with van der Waals surface area (Å²) >= 11 is 0. The SMILES string of the molecule is COc1cccc(C(=O)N[C@@H](CCCN)C(=O)NC2CCC[C@H]2C(=O)O)c1. The standard InChI is InChI=1S/C19H27N3O5/c1-27-13-6-2-5-12(11-13)17(23)22-16(9-4-10-20)18(24)21-15-8-3-7-14(15)19(25)26/h2,5-6,11,14-16H,3-4,7-10,20H2,1H3,(H,21,24)(H,22,23)(H,25,26)/t14-,15?,16+/m1/s1. The number of carboxylic acids is 1. The van der Waals surface area contributed by atoms with E-state index in [1.165, 1.54) is 7.11 Å². The Kier molecular flexibility index (Phi) is 7.60. The van der Waals surface area contributed by atoms with Crippen molar-refractivity contribution in [1.29, 1.82) is 0 Å². The number of nitrogens with one attached hydrogen (secondary N) is 2. The van der Waals surface area contributed by atoms with Crippen LogP contribution in [0.3, 0.4) is 0 Å². The lowest BCUT2D eigenvalue weighted by molar-refractivity contribution is -0.142. The Hall–Kier alpha value is -2.61. The van der Waals surface area contributed by atoms with Gasteiger partial charge in [0.25, 0.3) is 5.91 Å². The number of rotatable bonds is 9. The van der Waals surface area contributed by atoms with Crippen molar-refractivity contribution in [3.63, 3.8) is 0 Å². The fourth-order valence-corrected chi connectivity index (χ4v) is 3.31. The van der Waals surface area contributed by atoms with Gasteiger partial charge < -0.3 is 26.2 Å². The van der Waals surface area contributed by atoms with Gasteiger partial charge in [-0.05, 0) is 50.4 Å². The van der Waals surface area contributed by atoms with Gasteiger partial charge in [-0.25, -0.2) is 0 Å². The summed E-state index contributed by atoms with van der Waals surface area (Å²) in [4.78, 5) is 36.5. The first-order valence-corrected chi connectivity index (χ1v) is 9.14. The Bertz CT molecular complexity index is 679. The molecule has 8 heteroatoms. The predicted molar refractivity (Wildman–Crippen MR) is 99.4 cm³/mol. The summed E-state index contributed by atoms with van der Waals surface area (Å²) in [6.07, 6.45) is 2.86. The second kappa shape index (κ2) is 9.91. The zero-order chi connectivity index (χ0) is 19.8. The molecule has 0 saturated heterocycles. The van der Waals surface area contributed by atoms with Crippen LogP contribution in [0.4, 0.5) is 0 Å². The van der Waals surface area contributed by atoms with Gasteiger partial charge in [0.15, 0.2) is 0 Å². The third kappa shape index (κ3) is 5.68. The number of carbonyl (C=O) groups excluding carboxylic acids is 2. The lowest BCUT2D eigenvalue weighted by atomic mass is 10.0. The quantitative estimate of drug-likeness (QED) is 0.506. The number of amides is 2. The van der Waals surface area contributed by atoms with Gasteiger partial charge in [-0.2, -0.15) is 0 Å². The highest BCUT2D eigenvalue weighted by Gasteiger charge is 2.35. The van der Waals surface area contributed by atoms with E-state index < -0.39 is 29.9 Å². The van der Waals surface area contributed by atoms with Crippen LogP contribution in [0.15, 0.2) is 24.3 Å². The summed E-state index contributed by atoms with van der Waals surface area (Å²) < 4.78 is 5.11. The smallest absolute Gasteiger partial charge is 0.308 e. The van der Waals surface area contributed by atoms with Crippen molar-refractivity contribution >= 4 is 17.8 Å². The van der Waals surface area contributed by atoms with Crippen LogP contribution in [-0.4, -0.2) is 48.6 Å². The summed E-state index contributed by atoms with van der Waals surface area (Å²) in [7, 11) is 1.51. The number of carbonyl (C=O) groups is 3. The highest BCUT2D eigenvalue weighted by molar-refractivity contribution is 5.98. The minimum absolute atomic E-state index is 0.377. The number of hydrogen-bond acceptors (Lipinski definition) is 5. The molecule has 1 saturated carbocycles. The topological polar surface area (TPSA) is 131 Å². The molecule has 0 aromatic heterocycles. The van der Waals surface area contributed by atoms with E-state index in [1.807, 2.05) is 0 Å². The van der Waals surface area contributed by atoms with E-state index in [0.29, 0.717) is 43.5 Å². The minimum Gasteiger partial charge on any atom is -0.497 e. The third-order valence-electron chi connectivity index (χ3n) is 4.81. The Morgan fingerprint density at radius 2 is 2.11 bits per heavy atom. The van der Waals surface area contributed by atoms with Crippen molar-refractivity contribution in [3.8, 4) is 5.75 Å². The van der Waals surface area contributed by atoms with Crippen molar-refractivity contribution in [1.82, 2.24) is 10.6 Å². The third-order valence-corrected chi connectivity index (χ3v) is 4.81. The van der Waals surface area contributed by atoms with Gasteiger partial charge in [0, 0.05) is 11.6 Å². The predicted octanol–water partition coefficient (Wildman–Crippen LogP) is 0.902. The van der Waals surface area contributed by atoms with Gasteiger partial charge in [0.1, 0.15) is 11.8 Å². The van der Waals surface area contributed by atoms with Gasteiger partial charge >= 0.3 is 5.97 Å². The van der Waals surface area contributed by atoms with Crippen molar-refractivity contribution in [2.75, 3.05) is 13.7 Å². The maximum absolute atomic E-state index is 12.7. The summed E-state index contributed by atoms with van der Waals surface area (Å²) in [6, 6.07) is 5.45. The molecule has 27 heavy (non-hydrogen) atoms. The van der Waals surface area contributed by atoms with Gasteiger partial charge in [-0.3, -0.25) is 14.4 Å². The summed E-state index contributed by atoms with van der Waals surface area (Å²) in [5.41, 5.74) is 5.92. The molecule has 1 aromatic rings. The van der Waals surface area contributed by atoms with Crippen molar-refractivity contribution in [2.24, 2.45) is 11.7 Å². The molecule has 0 aliphatic heterocycles. The maximum Gasteiger partial charge on any atom is 0.308 e. The van der Waals surface area contributed by atoms with Crippen molar-refractivity contribution < 1.29 is 24.2 Å². The molecule has 2 amide bonds. The van der Waals surface area contributed by atoms with Gasteiger partial charge in [-0.15, -0.1) is 0 Å². The molecular formula is C19H27N3O5. The van der Waals surface area contributed by atoms with Gasteiger partial charge in [-0.1, -0.05) is 12.5 Å². The lowest BCUT2D eigenvalue weighted by Gasteiger charge is -2.23. The van der Waals surface area contributed by atoms with Gasteiger partial charge in [0.2, 0.25) is 5.91 Å². The molecule has 2 rings (SSSR count). The largest absolute Gasteiger partial charge is 0.497 e. The molecule has 0 radical (unpaired) electrons. The molecule has 0 spiro atoms. The number of aliphatic carboxylic acids is 1. The first-order chi connectivity index (χ1) is 13.0. The highest BCUT2D eigenvalue weighted by Crippen LogP contribution is 2.26. The lowest BCUT2D eigenvalue weighted by Crippen LogP contribution is -2.51. The number of benzene rings is 1. The van der Waals surface area contributed by atoms with Crippen LogP contribution in [-0.2, 0) is 9.59 Å². The normalized spacial score (nSPS) is 19.9. The average molecular weight is 377 g/mol. The molecule has 1 aliphatic rings. The molecule has 1 fully saturated rings. The molecule has 0 heterocycles. The number of methoxy groups -OCH3 is 1. The van der Waals surface area contributed by atoms with E-state index in [0.717, 1.165) is 6.42 Å². The number of nitrogens with two attached hydrogens (primary N) is 1. The first-order valence-electron chi connectivity index (χ1n) is 9.14. The summed E-state index contributed by atoms with van der Waals surface area (Å²) in [5.74, 6) is -1.72. The average Bonchev–Trinajstić information content (AvgIpc) is 3.13. The van der Waals surface area contributed by atoms with Crippen LogP contribution in [0, 0.1) is 5.92 Å². The number of hydrogen-bond donors (Lipinski definition) is 4. The molecule has 8 nitrogen and oxygen atoms in total.